The predicted molar refractivity (Wildman–Crippen MR) is 68.9 cm³/mol. The second kappa shape index (κ2) is 4.83. The van der Waals surface area contributed by atoms with Gasteiger partial charge in [-0.05, 0) is 35.1 Å². The molecule has 7 nitrogen and oxygen atoms in total. The highest BCUT2D eigenvalue weighted by Crippen LogP contribution is 2.33. The summed E-state index contributed by atoms with van der Waals surface area (Å²) in [5.41, 5.74) is 1.26. The van der Waals surface area contributed by atoms with Gasteiger partial charge in [-0.25, -0.2) is 4.63 Å². The third kappa shape index (κ3) is 2.49. The van der Waals surface area contributed by atoms with Crippen molar-refractivity contribution in [3.8, 4) is 0 Å². The van der Waals surface area contributed by atoms with Gasteiger partial charge in [0.05, 0.1) is 10.6 Å². The minimum absolute atomic E-state index is 0.0835. The molecule has 0 radical (unpaired) electrons. The zero-order valence-corrected chi connectivity index (χ0v) is 10.3. The first-order valence-corrected chi connectivity index (χ1v) is 6.39. The molecule has 1 N–H and O–H groups in total. The van der Waals surface area contributed by atoms with Crippen molar-refractivity contribution >= 4 is 22.4 Å². The summed E-state index contributed by atoms with van der Waals surface area (Å²) in [5, 5.41) is 21.4. The lowest BCUT2D eigenvalue weighted by Gasteiger charge is -2.05. The fourth-order valence-electron chi connectivity index (χ4n) is 2.16. The Bertz CT molecular complexity index is 606. The number of benzene rings is 1. The van der Waals surface area contributed by atoms with E-state index in [9.17, 15) is 10.1 Å². The van der Waals surface area contributed by atoms with Crippen LogP contribution in [0, 0.1) is 16.0 Å². The molecule has 1 aliphatic rings. The lowest BCUT2D eigenvalue weighted by Crippen LogP contribution is -2.03. The van der Waals surface area contributed by atoms with Crippen LogP contribution in [-0.4, -0.2) is 21.8 Å². The van der Waals surface area contributed by atoms with Crippen molar-refractivity contribution in [2.45, 2.75) is 25.7 Å². The van der Waals surface area contributed by atoms with Crippen molar-refractivity contribution < 1.29 is 9.55 Å². The van der Waals surface area contributed by atoms with Crippen LogP contribution in [0.1, 0.15) is 25.7 Å². The Kier molecular flexibility index (Phi) is 3.02. The van der Waals surface area contributed by atoms with E-state index >= 15 is 0 Å². The molecular weight excluding hydrogens is 248 g/mol. The zero-order valence-electron chi connectivity index (χ0n) is 10.3. The predicted octanol–water partition coefficient (Wildman–Crippen LogP) is 2.73. The van der Waals surface area contributed by atoms with Gasteiger partial charge in [-0.1, -0.05) is 12.8 Å². The number of anilines is 1. The van der Waals surface area contributed by atoms with Gasteiger partial charge in [0.1, 0.15) is 0 Å². The van der Waals surface area contributed by atoms with Gasteiger partial charge >= 0.3 is 5.69 Å². The van der Waals surface area contributed by atoms with Gasteiger partial charge in [-0.2, -0.15) is 0 Å². The van der Waals surface area contributed by atoms with Crippen molar-refractivity contribution in [2.75, 3.05) is 11.9 Å². The normalized spacial score (nSPS) is 14.7. The molecule has 0 amide bonds. The number of nitro benzene ring substituents is 1. The molecule has 0 spiro atoms. The molecule has 1 aliphatic carbocycles. The second-order valence-electron chi connectivity index (χ2n) is 4.86. The number of non-ortho nitro benzene ring substituents is 1. The molecule has 0 atom stereocenters. The number of hydrogen-bond acceptors (Lipinski definition) is 6. The van der Waals surface area contributed by atoms with E-state index < -0.39 is 4.92 Å². The summed E-state index contributed by atoms with van der Waals surface area (Å²) in [7, 11) is 0. The highest BCUT2D eigenvalue weighted by Gasteiger charge is 2.21. The van der Waals surface area contributed by atoms with Crippen molar-refractivity contribution in [3.63, 3.8) is 0 Å². The Morgan fingerprint density at radius 1 is 1.37 bits per heavy atom. The Morgan fingerprint density at radius 3 is 2.89 bits per heavy atom. The van der Waals surface area contributed by atoms with E-state index in [1.807, 2.05) is 0 Å². The molecule has 1 heterocycles. The first kappa shape index (κ1) is 11.9. The molecule has 1 fully saturated rings. The number of hydrogen-bond donors (Lipinski definition) is 1. The summed E-state index contributed by atoms with van der Waals surface area (Å²) in [4.78, 5) is 10.4. The maximum atomic E-state index is 10.8. The quantitative estimate of drug-likeness (QED) is 0.488. The smallest absolute Gasteiger partial charge is 0.300 e. The van der Waals surface area contributed by atoms with Crippen LogP contribution in [0.2, 0.25) is 0 Å². The standard InChI is InChI=1S/C12H14N4O3/c17-16(18)10-6-5-9(11-12(10)15-19-14-11)13-7-1-2-8-3-4-8/h5-6,8,13H,1-4,7H2. The highest BCUT2D eigenvalue weighted by atomic mass is 16.6. The second-order valence-corrected chi connectivity index (χ2v) is 4.86. The van der Waals surface area contributed by atoms with E-state index in [-0.39, 0.29) is 11.2 Å². The van der Waals surface area contributed by atoms with Crippen LogP contribution >= 0.6 is 0 Å². The molecule has 7 heteroatoms. The summed E-state index contributed by atoms with van der Waals surface area (Å²) in [5.74, 6) is 0.910. The number of nitrogens with one attached hydrogen (secondary N) is 1. The average molecular weight is 262 g/mol. The molecule has 0 aliphatic heterocycles. The molecule has 3 rings (SSSR count). The van der Waals surface area contributed by atoms with Crippen LogP contribution in [-0.2, 0) is 0 Å². The van der Waals surface area contributed by atoms with E-state index in [2.05, 4.69) is 20.3 Å². The number of aromatic nitrogens is 2. The topological polar surface area (TPSA) is 94.1 Å². The lowest BCUT2D eigenvalue weighted by molar-refractivity contribution is -0.383. The Morgan fingerprint density at radius 2 is 2.16 bits per heavy atom. The monoisotopic (exact) mass is 262 g/mol. The number of nitrogens with zero attached hydrogens (tertiary/aromatic N) is 3. The molecular formula is C12H14N4O3. The minimum Gasteiger partial charge on any atom is -0.383 e. The van der Waals surface area contributed by atoms with Crippen molar-refractivity contribution in [2.24, 2.45) is 5.92 Å². The molecule has 2 aromatic rings. The van der Waals surface area contributed by atoms with E-state index in [0.29, 0.717) is 5.52 Å². The van der Waals surface area contributed by atoms with Gasteiger partial charge in [0.15, 0.2) is 5.52 Å². The van der Waals surface area contributed by atoms with Crippen molar-refractivity contribution in [1.29, 1.82) is 0 Å². The average Bonchev–Trinajstić information content (AvgIpc) is 3.08. The molecule has 100 valence electrons. The van der Waals surface area contributed by atoms with Crippen molar-refractivity contribution in [1.82, 2.24) is 10.3 Å². The van der Waals surface area contributed by atoms with Crippen LogP contribution in [0.3, 0.4) is 0 Å². The fourth-order valence-corrected chi connectivity index (χ4v) is 2.16. The van der Waals surface area contributed by atoms with E-state index in [1.54, 1.807) is 6.07 Å². The molecule has 1 aromatic carbocycles. The largest absolute Gasteiger partial charge is 0.383 e. The van der Waals surface area contributed by atoms with Gasteiger partial charge in [-0.3, -0.25) is 10.1 Å². The third-order valence-corrected chi connectivity index (χ3v) is 3.39. The van der Waals surface area contributed by atoms with Crippen LogP contribution in [0.15, 0.2) is 16.8 Å². The van der Waals surface area contributed by atoms with Crippen LogP contribution in [0.5, 0.6) is 0 Å². The van der Waals surface area contributed by atoms with Crippen molar-refractivity contribution in [3.05, 3.63) is 22.2 Å². The molecule has 19 heavy (non-hydrogen) atoms. The maximum absolute atomic E-state index is 10.8. The SMILES string of the molecule is O=[N+]([O-])c1ccc(NCCCC2CC2)c2nonc12. The highest BCUT2D eigenvalue weighted by molar-refractivity contribution is 5.93. The first-order chi connectivity index (χ1) is 9.25. The number of rotatable bonds is 6. The molecule has 0 bridgehead atoms. The fraction of sp³-hybridized carbons (Fsp3) is 0.500. The van der Waals surface area contributed by atoms with Gasteiger partial charge in [0.2, 0.25) is 5.52 Å². The summed E-state index contributed by atoms with van der Waals surface area (Å²) in [6.45, 7) is 0.830. The molecule has 0 unspecified atom stereocenters. The van der Waals surface area contributed by atoms with Crippen LogP contribution in [0.25, 0.3) is 11.0 Å². The van der Waals surface area contributed by atoms with Crippen LogP contribution in [0.4, 0.5) is 11.4 Å². The first-order valence-electron chi connectivity index (χ1n) is 6.39. The van der Waals surface area contributed by atoms with Gasteiger partial charge in [-0.15, -0.1) is 0 Å². The Hall–Kier alpha value is -2.18. The Balaban J connectivity index is 1.73. The summed E-state index contributed by atoms with van der Waals surface area (Å²) in [6.07, 6.45) is 5.04. The minimum atomic E-state index is -0.483. The molecule has 1 saturated carbocycles. The van der Waals surface area contributed by atoms with E-state index in [0.717, 1.165) is 24.6 Å². The van der Waals surface area contributed by atoms with Gasteiger partial charge in [0, 0.05) is 12.6 Å². The number of nitro groups is 1. The van der Waals surface area contributed by atoms with Gasteiger partial charge < -0.3 is 5.32 Å². The van der Waals surface area contributed by atoms with E-state index in [4.69, 9.17) is 0 Å². The van der Waals surface area contributed by atoms with Crippen LogP contribution < -0.4 is 5.32 Å². The van der Waals surface area contributed by atoms with E-state index in [1.165, 1.54) is 25.3 Å². The molecule has 1 aromatic heterocycles. The molecule has 0 saturated heterocycles. The zero-order chi connectivity index (χ0) is 13.2. The number of fused-ring (bicyclic) bond motifs is 1. The summed E-state index contributed by atoms with van der Waals surface area (Å²) < 4.78 is 4.61. The lowest BCUT2D eigenvalue weighted by atomic mass is 10.2. The Labute approximate surface area is 109 Å². The third-order valence-electron chi connectivity index (χ3n) is 3.39. The summed E-state index contributed by atoms with van der Waals surface area (Å²) >= 11 is 0. The van der Waals surface area contributed by atoms with Gasteiger partial charge in [0.25, 0.3) is 0 Å². The maximum Gasteiger partial charge on any atom is 0.300 e. The summed E-state index contributed by atoms with van der Waals surface area (Å²) in [6, 6.07) is 3.08.